The molecule has 0 saturated heterocycles. The highest BCUT2D eigenvalue weighted by Crippen LogP contribution is 2.47. The van der Waals surface area contributed by atoms with Gasteiger partial charge in [-0.05, 0) is 54.0 Å². The molecule has 1 saturated carbocycles. The molecule has 4 aromatic rings. The van der Waals surface area contributed by atoms with Crippen LogP contribution in [0.5, 0.6) is 0 Å². The van der Waals surface area contributed by atoms with Crippen LogP contribution in [0.3, 0.4) is 0 Å². The maximum absolute atomic E-state index is 15.0. The van der Waals surface area contributed by atoms with E-state index in [-0.39, 0.29) is 23.4 Å². The molecule has 2 atom stereocenters. The number of nitrogen functional groups attached to an aromatic ring is 1. The van der Waals surface area contributed by atoms with E-state index in [2.05, 4.69) is 20.4 Å². The number of fused-ring (bicyclic) bond motifs is 1. The number of rotatable bonds is 4. The zero-order valence-corrected chi connectivity index (χ0v) is 17.1. The first-order chi connectivity index (χ1) is 14.9. The zero-order valence-electron chi connectivity index (χ0n) is 17.1. The van der Waals surface area contributed by atoms with Crippen LogP contribution in [0, 0.1) is 18.7 Å². The van der Waals surface area contributed by atoms with Crippen LogP contribution in [-0.2, 0) is 11.8 Å². The summed E-state index contributed by atoms with van der Waals surface area (Å²) in [7, 11) is 1.86. The van der Waals surface area contributed by atoms with Gasteiger partial charge >= 0.3 is 0 Å². The second-order valence-corrected chi connectivity index (χ2v) is 8.02. The van der Waals surface area contributed by atoms with E-state index in [0.717, 1.165) is 17.5 Å². The van der Waals surface area contributed by atoms with Gasteiger partial charge in [-0.2, -0.15) is 5.10 Å². The number of carbonyl (C=O) groups excluding carboxylic acids is 1. The number of halogens is 1. The standard InChI is InChI=1S/C23H21FN6O/c1-12-3-4-26-9-18(12)16-5-13-6-20(27-10-19(13)22(25)21(16)24)29-23(31)17-7-15(17)14-8-28-30(2)11-14/h3-6,8-11,15,17H,7,25H2,1-2H3,(H,27,29,31)/t15-,17+/m1/s1. The van der Waals surface area contributed by atoms with E-state index in [1.165, 1.54) is 6.20 Å². The van der Waals surface area contributed by atoms with Crippen LogP contribution in [0.15, 0.2) is 49.2 Å². The second kappa shape index (κ2) is 7.16. The SMILES string of the molecule is Cc1ccncc1-c1cc2cc(NC(=O)[C@H]3C[C@@H]3c3cnn(C)c3)ncc2c(N)c1F. The van der Waals surface area contributed by atoms with Crippen molar-refractivity contribution in [2.45, 2.75) is 19.3 Å². The average molecular weight is 416 g/mol. The molecule has 7 nitrogen and oxygen atoms in total. The maximum Gasteiger partial charge on any atom is 0.229 e. The van der Waals surface area contributed by atoms with E-state index >= 15 is 0 Å². The van der Waals surface area contributed by atoms with E-state index in [1.807, 2.05) is 26.2 Å². The number of benzene rings is 1. The van der Waals surface area contributed by atoms with Gasteiger partial charge in [0.05, 0.1) is 11.9 Å². The van der Waals surface area contributed by atoms with Gasteiger partial charge in [0.2, 0.25) is 5.91 Å². The number of carbonyl (C=O) groups is 1. The van der Waals surface area contributed by atoms with Crippen molar-refractivity contribution in [3.8, 4) is 11.1 Å². The van der Waals surface area contributed by atoms with Crippen LogP contribution < -0.4 is 11.1 Å². The van der Waals surface area contributed by atoms with Gasteiger partial charge in [-0.15, -0.1) is 0 Å². The summed E-state index contributed by atoms with van der Waals surface area (Å²) < 4.78 is 16.7. The molecule has 0 aliphatic heterocycles. The number of hydrogen-bond donors (Lipinski definition) is 2. The molecule has 1 aliphatic carbocycles. The van der Waals surface area contributed by atoms with Gasteiger partial charge < -0.3 is 11.1 Å². The van der Waals surface area contributed by atoms with E-state index in [1.54, 1.807) is 35.4 Å². The summed E-state index contributed by atoms with van der Waals surface area (Å²) in [4.78, 5) is 21.1. The van der Waals surface area contributed by atoms with Gasteiger partial charge in [0.25, 0.3) is 0 Å². The highest BCUT2D eigenvalue weighted by molar-refractivity contribution is 6.00. The van der Waals surface area contributed by atoms with Gasteiger partial charge in [-0.1, -0.05) is 0 Å². The molecule has 1 fully saturated rings. The number of pyridine rings is 2. The molecule has 0 radical (unpaired) electrons. The number of aromatic nitrogens is 4. The number of nitrogens with one attached hydrogen (secondary N) is 1. The van der Waals surface area contributed by atoms with Crippen LogP contribution >= 0.6 is 0 Å². The van der Waals surface area contributed by atoms with Crippen LogP contribution in [0.1, 0.15) is 23.5 Å². The molecule has 156 valence electrons. The third-order valence-corrected chi connectivity index (χ3v) is 5.86. The summed E-state index contributed by atoms with van der Waals surface area (Å²) in [6, 6.07) is 5.26. The lowest BCUT2D eigenvalue weighted by molar-refractivity contribution is -0.117. The number of hydrogen-bond acceptors (Lipinski definition) is 5. The number of nitrogens with zero attached hydrogens (tertiary/aromatic N) is 4. The normalized spacial score (nSPS) is 17.6. The molecule has 8 heteroatoms. The zero-order chi connectivity index (χ0) is 21.7. The molecule has 1 aliphatic rings. The Morgan fingerprint density at radius 1 is 1.26 bits per heavy atom. The van der Waals surface area contributed by atoms with Gasteiger partial charge in [-0.3, -0.25) is 14.5 Å². The largest absolute Gasteiger partial charge is 0.396 e. The Hall–Kier alpha value is -3.81. The second-order valence-electron chi connectivity index (χ2n) is 8.02. The fourth-order valence-electron chi connectivity index (χ4n) is 4.01. The summed E-state index contributed by atoms with van der Waals surface area (Å²) in [6.45, 7) is 1.89. The van der Waals surface area contributed by atoms with Crippen molar-refractivity contribution in [1.82, 2.24) is 19.7 Å². The van der Waals surface area contributed by atoms with Crippen LogP contribution in [0.2, 0.25) is 0 Å². The molecular formula is C23H21FN6O. The minimum absolute atomic E-state index is 0.0277. The number of nitrogens with two attached hydrogens (primary N) is 1. The lowest BCUT2D eigenvalue weighted by atomic mass is 9.98. The Kier molecular flexibility index (Phi) is 4.43. The molecule has 31 heavy (non-hydrogen) atoms. The summed E-state index contributed by atoms with van der Waals surface area (Å²) >= 11 is 0. The average Bonchev–Trinajstić information content (AvgIpc) is 3.45. The van der Waals surface area contributed by atoms with Gasteiger partial charge in [0.15, 0.2) is 5.82 Å². The van der Waals surface area contributed by atoms with E-state index in [4.69, 9.17) is 5.73 Å². The van der Waals surface area contributed by atoms with Gasteiger partial charge in [0.1, 0.15) is 5.82 Å². The fourth-order valence-corrected chi connectivity index (χ4v) is 4.01. The van der Waals surface area contributed by atoms with Crippen molar-refractivity contribution in [2.24, 2.45) is 13.0 Å². The molecule has 0 unspecified atom stereocenters. The first-order valence-electron chi connectivity index (χ1n) is 10.0. The summed E-state index contributed by atoms with van der Waals surface area (Å²) in [6.07, 6.45) is 9.29. The lowest BCUT2D eigenvalue weighted by Crippen LogP contribution is -2.15. The van der Waals surface area contributed by atoms with Crippen molar-refractivity contribution in [3.63, 3.8) is 0 Å². The Balaban J connectivity index is 1.44. The van der Waals surface area contributed by atoms with Crippen molar-refractivity contribution < 1.29 is 9.18 Å². The highest BCUT2D eigenvalue weighted by Gasteiger charge is 2.44. The monoisotopic (exact) mass is 416 g/mol. The third kappa shape index (κ3) is 3.39. The van der Waals surface area contributed by atoms with Gasteiger partial charge in [-0.25, -0.2) is 9.37 Å². The Bertz CT molecular complexity index is 1330. The molecule has 3 heterocycles. The molecule has 1 amide bonds. The van der Waals surface area contributed by atoms with Crippen LogP contribution in [-0.4, -0.2) is 25.7 Å². The topological polar surface area (TPSA) is 98.7 Å². The fraction of sp³-hybridized carbons (Fsp3) is 0.217. The minimum Gasteiger partial charge on any atom is -0.396 e. The molecule has 5 rings (SSSR count). The Morgan fingerprint density at radius 3 is 2.84 bits per heavy atom. The summed E-state index contributed by atoms with van der Waals surface area (Å²) in [5.41, 5.74) is 9.10. The van der Waals surface area contributed by atoms with Crippen molar-refractivity contribution in [3.05, 3.63) is 66.1 Å². The number of anilines is 2. The lowest BCUT2D eigenvalue weighted by Gasteiger charge is -2.12. The first-order valence-corrected chi connectivity index (χ1v) is 10.0. The van der Waals surface area contributed by atoms with Gasteiger partial charge in [0, 0.05) is 54.3 Å². The Morgan fingerprint density at radius 2 is 2.10 bits per heavy atom. The molecular weight excluding hydrogens is 395 g/mol. The Labute approximate surface area is 178 Å². The maximum atomic E-state index is 15.0. The van der Waals surface area contributed by atoms with E-state index < -0.39 is 5.82 Å². The molecule has 3 N–H and O–H groups in total. The summed E-state index contributed by atoms with van der Waals surface area (Å²) in [5.74, 6) is -0.0968. The molecule has 0 spiro atoms. The molecule has 1 aromatic carbocycles. The predicted molar refractivity (Wildman–Crippen MR) is 117 cm³/mol. The van der Waals surface area contributed by atoms with Crippen molar-refractivity contribution in [1.29, 1.82) is 0 Å². The quantitative estimate of drug-likeness (QED) is 0.493. The first kappa shape index (κ1) is 19.2. The van der Waals surface area contributed by atoms with Crippen molar-refractivity contribution >= 4 is 28.2 Å². The van der Waals surface area contributed by atoms with E-state index in [0.29, 0.717) is 27.7 Å². The summed E-state index contributed by atoms with van der Waals surface area (Å²) in [5, 5.41) is 8.25. The highest BCUT2D eigenvalue weighted by atomic mass is 19.1. The minimum atomic E-state index is -0.500. The van der Waals surface area contributed by atoms with Crippen LogP contribution in [0.4, 0.5) is 15.9 Å². The smallest absolute Gasteiger partial charge is 0.229 e. The van der Waals surface area contributed by atoms with Crippen molar-refractivity contribution in [2.75, 3.05) is 11.1 Å². The number of amides is 1. The third-order valence-electron chi connectivity index (χ3n) is 5.86. The predicted octanol–water partition coefficient (Wildman–Crippen LogP) is 3.80. The molecule has 3 aromatic heterocycles. The number of aryl methyl sites for hydroxylation is 2. The molecule has 0 bridgehead atoms. The van der Waals surface area contributed by atoms with E-state index in [9.17, 15) is 9.18 Å². The van der Waals surface area contributed by atoms with Crippen LogP contribution in [0.25, 0.3) is 21.9 Å².